The number of carboxylic acid groups (broad SMARTS) is 1. The number of allylic oxidation sites excluding steroid dienone is 1. The van der Waals surface area contributed by atoms with E-state index in [0.717, 1.165) is 6.92 Å². The van der Waals surface area contributed by atoms with Crippen LogP contribution in [0.2, 0.25) is 0 Å². The maximum Gasteiger partial charge on any atom is 0.300 e. The minimum absolute atomic E-state index is 0.0108. The summed E-state index contributed by atoms with van der Waals surface area (Å²) in [5.74, 6) is 14.6. The van der Waals surface area contributed by atoms with Crippen LogP contribution < -0.4 is 0 Å². The average molecular weight is 204 g/mol. The predicted octanol–water partition coefficient (Wildman–Crippen LogP) is 0.656. The fraction of sp³-hybridized carbons (Fsp3) is 0.250. The molecule has 0 aliphatic rings. The lowest BCUT2D eigenvalue weighted by molar-refractivity contribution is -0.134. The van der Waals surface area contributed by atoms with E-state index in [1.807, 2.05) is 0 Å². The number of carbonyl (C=O) groups is 1. The molecular weight excluding hydrogens is 192 g/mol. The molecule has 3 nitrogen and oxygen atoms in total. The van der Waals surface area contributed by atoms with Crippen LogP contribution >= 0.6 is 0 Å². The molecule has 0 bridgehead atoms. The van der Waals surface area contributed by atoms with Crippen LogP contribution in [0.25, 0.3) is 0 Å². The fourth-order valence-electron chi connectivity index (χ4n) is 0.314. The van der Waals surface area contributed by atoms with E-state index in [0.29, 0.717) is 0 Å². The molecule has 0 radical (unpaired) electrons. The molecule has 0 atom stereocenters. The van der Waals surface area contributed by atoms with Crippen molar-refractivity contribution in [3.63, 3.8) is 0 Å². The van der Waals surface area contributed by atoms with Gasteiger partial charge in [-0.2, -0.15) is 0 Å². The smallest absolute Gasteiger partial charge is 0.300 e. The van der Waals surface area contributed by atoms with Crippen molar-refractivity contribution in [3.8, 4) is 35.5 Å². The standard InChI is InChI=1S/C10H8O.C2H4O2/c1-2-3-4-5-6-7-8-9-10-11;1-2(3)4/h8-9,11H,10H2,1H3;1H3,(H,3,4). The molecule has 78 valence electrons. The quantitative estimate of drug-likeness (QED) is 0.617. The third-order valence-electron chi connectivity index (χ3n) is 0.691. The van der Waals surface area contributed by atoms with Gasteiger partial charge >= 0.3 is 0 Å². The van der Waals surface area contributed by atoms with E-state index in [9.17, 15) is 0 Å². The van der Waals surface area contributed by atoms with Crippen LogP contribution in [0.5, 0.6) is 0 Å². The van der Waals surface area contributed by atoms with Crippen molar-refractivity contribution < 1.29 is 15.0 Å². The molecule has 0 aromatic rings. The molecule has 0 rings (SSSR count). The molecular formula is C12H12O3. The fourth-order valence-corrected chi connectivity index (χ4v) is 0.314. The van der Waals surface area contributed by atoms with Crippen LogP contribution in [0.4, 0.5) is 0 Å². The van der Waals surface area contributed by atoms with Gasteiger partial charge in [-0.15, -0.1) is 0 Å². The van der Waals surface area contributed by atoms with E-state index in [1.165, 1.54) is 0 Å². The van der Waals surface area contributed by atoms with Crippen molar-refractivity contribution in [3.05, 3.63) is 12.2 Å². The summed E-state index contributed by atoms with van der Waals surface area (Å²) in [6.07, 6.45) is 3.09. The molecule has 15 heavy (non-hydrogen) atoms. The van der Waals surface area contributed by atoms with Crippen LogP contribution in [-0.2, 0) is 4.79 Å². The van der Waals surface area contributed by atoms with Crippen molar-refractivity contribution >= 4 is 5.97 Å². The van der Waals surface area contributed by atoms with Crippen LogP contribution in [0.15, 0.2) is 12.2 Å². The highest BCUT2D eigenvalue weighted by Crippen LogP contribution is 1.65. The zero-order valence-corrected chi connectivity index (χ0v) is 8.66. The predicted molar refractivity (Wildman–Crippen MR) is 58.5 cm³/mol. The van der Waals surface area contributed by atoms with Gasteiger partial charge in [-0.25, -0.2) is 0 Å². The third-order valence-corrected chi connectivity index (χ3v) is 0.691. The van der Waals surface area contributed by atoms with Crippen LogP contribution in [0.1, 0.15) is 13.8 Å². The Kier molecular flexibility index (Phi) is 14.7. The third kappa shape index (κ3) is 33.6. The van der Waals surface area contributed by atoms with Gasteiger partial charge in [0.05, 0.1) is 6.61 Å². The van der Waals surface area contributed by atoms with E-state index in [1.54, 1.807) is 19.1 Å². The first kappa shape index (κ1) is 15.3. The second-order valence-corrected chi connectivity index (χ2v) is 2.00. The number of hydrogen-bond donors (Lipinski definition) is 2. The van der Waals surface area contributed by atoms with Gasteiger partial charge in [0.1, 0.15) is 0 Å². The molecule has 2 N–H and O–H groups in total. The Balaban J connectivity index is 0. The Labute approximate surface area is 89.8 Å². The lowest BCUT2D eigenvalue weighted by Crippen LogP contribution is -1.78. The zero-order chi connectivity index (χ0) is 11.9. The normalized spacial score (nSPS) is 6.60. The molecule has 3 heteroatoms. The lowest BCUT2D eigenvalue weighted by Gasteiger charge is -1.67. The molecule has 0 amide bonds. The highest BCUT2D eigenvalue weighted by molar-refractivity contribution is 5.62. The molecule has 0 saturated heterocycles. The van der Waals surface area contributed by atoms with E-state index in [-0.39, 0.29) is 6.61 Å². The molecule has 0 heterocycles. The largest absolute Gasteiger partial charge is 0.481 e. The molecule has 0 saturated carbocycles. The minimum Gasteiger partial charge on any atom is -0.481 e. The summed E-state index contributed by atoms with van der Waals surface area (Å²) in [5, 5.41) is 15.7. The van der Waals surface area contributed by atoms with E-state index in [2.05, 4.69) is 35.5 Å². The number of rotatable bonds is 1. The number of aliphatic carboxylic acids is 1. The molecule has 0 aliphatic carbocycles. The Morgan fingerprint density at radius 3 is 2.27 bits per heavy atom. The van der Waals surface area contributed by atoms with Crippen molar-refractivity contribution in [1.29, 1.82) is 0 Å². The summed E-state index contributed by atoms with van der Waals surface area (Å²) < 4.78 is 0. The van der Waals surface area contributed by atoms with Gasteiger partial charge < -0.3 is 10.2 Å². The monoisotopic (exact) mass is 204 g/mol. The SMILES string of the molecule is CC#CC#CC#CC=CCO.CC(=O)O. The topological polar surface area (TPSA) is 57.5 Å². The first-order valence-corrected chi connectivity index (χ1v) is 4.02. The van der Waals surface area contributed by atoms with Crippen molar-refractivity contribution in [2.45, 2.75) is 13.8 Å². The van der Waals surface area contributed by atoms with Gasteiger partial charge in [-0.1, -0.05) is 17.9 Å². The lowest BCUT2D eigenvalue weighted by atomic mass is 10.5. The summed E-state index contributed by atoms with van der Waals surface area (Å²) in [4.78, 5) is 9.00. The highest BCUT2D eigenvalue weighted by Gasteiger charge is 1.65. The number of aliphatic hydroxyl groups excluding tert-OH is 1. The van der Waals surface area contributed by atoms with Crippen molar-refractivity contribution in [2.24, 2.45) is 0 Å². The summed E-state index contributed by atoms with van der Waals surface area (Å²) in [7, 11) is 0. The molecule has 0 aliphatic heterocycles. The molecule has 0 aromatic carbocycles. The van der Waals surface area contributed by atoms with E-state index < -0.39 is 5.97 Å². The van der Waals surface area contributed by atoms with Crippen LogP contribution in [0, 0.1) is 35.5 Å². The van der Waals surface area contributed by atoms with Gasteiger partial charge in [-0.3, -0.25) is 4.79 Å². The zero-order valence-electron chi connectivity index (χ0n) is 8.66. The number of carboxylic acids is 1. The second kappa shape index (κ2) is 14.4. The summed E-state index contributed by atoms with van der Waals surface area (Å²) in [6.45, 7) is 2.81. The second-order valence-electron chi connectivity index (χ2n) is 2.00. The van der Waals surface area contributed by atoms with Crippen molar-refractivity contribution in [1.82, 2.24) is 0 Å². The number of aliphatic hydroxyl groups is 1. The van der Waals surface area contributed by atoms with Gasteiger partial charge in [0.2, 0.25) is 0 Å². The molecule has 0 aromatic heterocycles. The molecule has 0 spiro atoms. The Bertz CT molecular complexity index is 368. The maximum atomic E-state index is 9.00. The summed E-state index contributed by atoms with van der Waals surface area (Å²) in [6, 6.07) is 0. The minimum atomic E-state index is -0.833. The first-order valence-electron chi connectivity index (χ1n) is 4.02. The first-order chi connectivity index (χ1) is 7.15. The van der Waals surface area contributed by atoms with Crippen molar-refractivity contribution in [2.75, 3.05) is 6.61 Å². The Morgan fingerprint density at radius 2 is 1.80 bits per heavy atom. The van der Waals surface area contributed by atoms with E-state index >= 15 is 0 Å². The Morgan fingerprint density at radius 1 is 1.27 bits per heavy atom. The molecule has 0 unspecified atom stereocenters. The van der Waals surface area contributed by atoms with Gasteiger partial charge in [0.25, 0.3) is 5.97 Å². The van der Waals surface area contributed by atoms with Gasteiger partial charge in [0, 0.05) is 6.92 Å². The maximum absolute atomic E-state index is 9.00. The highest BCUT2D eigenvalue weighted by atomic mass is 16.4. The summed E-state index contributed by atoms with van der Waals surface area (Å²) in [5.41, 5.74) is 0. The van der Waals surface area contributed by atoms with Crippen LogP contribution in [0.3, 0.4) is 0 Å². The van der Waals surface area contributed by atoms with Gasteiger partial charge in [-0.05, 0) is 36.7 Å². The summed E-state index contributed by atoms with van der Waals surface area (Å²) >= 11 is 0. The van der Waals surface area contributed by atoms with Gasteiger partial charge in [0.15, 0.2) is 0 Å². The van der Waals surface area contributed by atoms with E-state index in [4.69, 9.17) is 15.0 Å². The number of hydrogen-bond acceptors (Lipinski definition) is 2. The average Bonchev–Trinajstić information content (AvgIpc) is 2.16. The van der Waals surface area contributed by atoms with Crippen LogP contribution in [-0.4, -0.2) is 22.8 Å². The molecule has 0 fully saturated rings. The Hall–Kier alpha value is -2.15.